The number of rotatable bonds is 5. The summed E-state index contributed by atoms with van der Waals surface area (Å²) < 4.78 is 2.53. The van der Waals surface area contributed by atoms with Crippen LogP contribution in [0.2, 0.25) is 0 Å². The van der Waals surface area contributed by atoms with Gasteiger partial charge in [0.25, 0.3) is 0 Å². The van der Waals surface area contributed by atoms with Crippen LogP contribution in [0.5, 0.6) is 0 Å². The largest absolute Gasteiger partial charge is 0.324 e. The van der Waals surface area contributed by atoms with Crippen molar-refractivity contribution in [2.45, 2.75) is 38.1 Å². The molecule has 2 fully saturated rings. The summed E-state index contributed by atoms with van der Waals surface area (Å²) in [6.45, 7) is 0. The summed E-state index contributed by atoms with van der Waals surface area (Å²) in [5.41, 5.74) is 2.44. The number of aryl methyl sites for hydroxylation is 1. The summed E-state index contributed by atoms with van der Waals surface area (Å²) in [5.74, 6) is 3.63. The Bertz CT molecular complexity index is 584. The minimum absolute atomic E-state index is 0.658. The third-order valence-electron chi connectivity index (χ3n) is 4.50. The number of fused-ring (bicyclic) bond motifs is 1. The number of hydrogen-bond donors (Lipinski definition) is 0. The third kappa shape index (κ3) is 2.06. The lowest BCUT2D eigenvalue weighted by Crippen LogP contribution is -2.16. The lowest BCUT2D eigenvalue weighted by molar-refractivity contribution is 0.393. The van der Waals surface area contributed by atoms with E-state index in [1.54, 1.807) is 0 Å². The Labute approximate surface area is 118 Å². The van der Waals surface area contributed by atoms with E-state index >= 15 is 0 Å². The second-order valence-electron chi connectivity index (χ2n) is 5.99. The zero-order valence-electron chi connectivity index (χ0n) is 11.1. The molecule has 19 heavy (non-hydrogen) atoms. The van der Waals surface area contributed by atoms with E-state index in [2.05, 4.69) is 28.8 Å². The second-order valence-corrected chi connectivity index (χ2v) is 6.37. The maximum absolute atomic E-state index is 5.98. The van der Waals surface area contributed by atoms with E-state index in [1.165, 1.54) is 37.0 Å². The van der Waals surface area contributed by atoms with Crippen LogP contribution in [0, 0.1) is 11.8 Å². The van der Waals surface area contributed by atoms with Crippen LogP contribution >= 0.6 is 11.6 Å². The highest BCUT2D eigenvalue weighted by molar-refractivity contribution is 6.17. The smallest absolute Gasteiger partial charge is 0.111 e. The molecule has 0 radical (unpaired) electrons. The van der Waals surface area contributed by atoms with Crippen molar-refractivity contribution in [2.75, 3.05) is 5.88 Å². The number of halogens is 1. The molecular weight excluding hydrogens is 256 g/mol. The number of benzene rings is 1. The Hall–Kier alpha value is -1.02. The molecule has 0 atom stereocenters. The molecule has 0 saturated heterocycles. The van der Waals surface area contributed by atoms with Gasteiger partial charge in [-0.25, -0.2) is 4.98 Å². The molecule has 0 amide bonds. The maximum atomic E-state index is 5.98. The molecule has 0 unspecified atom stereocenters. The molecule has 3 heteroatoms. The van der Waals surface area contributed by atoms with Crippen molar-refractivity contribution in [3.05, 3.63) is 30.1 Å². The van der Waals surface area contributed by atoms with Crippen LogP contribution in [0.3, 0.4) is 0 Å². The number of para-hydroxylation sites is 2. The van der Waals surface area contributed by atoms with E-state index in [9.17, 15) is 0 Å². The lowest BCUT2D eigenvalue weighted by atomic mass is 10.1. The molecular formula is C16H19ClN2. The zero-order chi connectivity index (χ0) is 12.8. The summed E-state index contributed by atoms with van der Waals surface area (Å²) in [5, 5.41) is 0. The van der Waals surface area contributed by atoms with Crippen LogP contribution in [-0.2, 0) is 6.42 Å². The zero-order valence-corrected chi connectivity index (χ0v) is 11.8. The van der Waals surface area contributed by atoms with Crippen molar-refractivity contribution in [3.63, 3.8) is 0 Å². The standard InChI is InChI=1S/C16H19ClN2/c17-10-9-15-18-13-3-1-2-4-14(13)19(15)16(11-5-6-11)12-7-8-12/h1-4,11-12,16H,5-10H2. The molecule has 1 heterocycles. The molecule has 2 aliphatic carbocycles. The van der Waals surface area contributed by atoms with E-state index in [4.69, 9.17) is 16.6 Å². The van der Waals surface area contributed by atoms with Crippen molar-refractivity contribution in [3.8, 4) is 0 Å². The molecule has 0 N–H and O–H groups in total. The van der Waals surface area contributed by atoms with Gasteiger partial charge in [0.05, 0.1) is 11.0 Å². The van der Waals surface area contributed by atoms with Gasteiger partial charge in [-0.2, -0.15) is 0 Å². The molecule has 4 rings (SSSR count). The quantitative estimate of drug-likeness (QED) is 0.748. The second kappa shape index (κ2) is 4.52. The van der Waals surface area contributed by atoms with Crippen molar-refractivity contribution >= 4 is 22.6 Å². The topological polar surface area (TPSA) is 17.8 Å². The fraction of sp³-hybridized carbons (Fsp3) is 0.562. The number of nitrogens with zero attached hydrogens (tertiary/aromatic N) is 2. The lowest BCUT2D eigenvalue weighted by Gasteiger charge is -2.21. The minimum Gasteiger partial charge on any atom is -0.324 e. The Balaban J connectivity index is 1.86. The maximum Gasteiger partial charge on any atom is 0.111 e. The van der Waals surface area contributed by atoms with Crippen molar-refractivity contribution in [1.29, 1.82) is 0 Å². The van der Waals surface area contributed by atoms with Gasteiger partial charge in [-0.1, -0.05) is 12.1 Å². The Kier molecular flexibility index (Phi) is 2.80. The van der Waals surface area contributed by atoms with Gasteiger partial charge in [-0.05, 0) is 49.7 Å². The molecule has 2 aliphatic rings. The number of aromatic nitrogens is 2. The van der Waals surface area contributed by atoms with Gasteiger partial charge in [-0.3, -0.25) is 0 Å². The number of hydrogen-bond acceptors (Lipinski definition) is 1. The van der Waals surface area contributed by atoms with Gasteiger partial charge in [0.1, 0.15) is 5.82 Å². The highest BCUT2D eigenvalue weighted by atomic mass is 35.5. The predicted octanol–water partition coefficient (Wildman–Crippen LogP) is 4.18. The summed E-state index contributed by atoms with van der Waals surface area (Å²) in [4.78, 5) is 4.82. The highest BCUT2D eigenvalue weighted by Crippen LogP contribution is 2.53. The van der Waals surface area contributed by atoms with Gasteiger partial charge in [0, 0.05) is 18.3 Å². The average molecular weight is 275 g/mol. The highest BCUT2D eigenvalue weighted by Gasteiger charge is 2.43. The molecule has 2 aromatic rings. The molecule has 2 saturated carbocycles. The first kappa shape index (κ1) is 11.8. The molecule has 0 bridgehead atoms. The van der Waals surface area contributed by atoms with Gasteiger partial charge >= 0.3 is 0 Å². The SMILES string of the molecule is ClCCc1nc2ccccc2n1C(C1CC1)C1CC1. The Morgan fingerprint density at radius 2 is 1.84 bits per heavy atom. The minimum atomic E-state index is 0.658. The number of imidazole rings is 1. The van der Waals surface area contributed by atoms with Crippen LogP contribution in [0.1, 0.15) is 37.5 Å². The van der Waals surface area contributed by atoms with E-state index in [0.717, 1.165) is 23.8 Å². The molecule has 100 valence electrons. The predicted molar refractivity (Wildman–Crippen MR) is 78.6 cm³/mol. The fourth-order valence-electron chi connectivity index (χ4n) is 3.37. The van der Waals surface area contributed by atoms with Gasteiger partial charge in [0.15, 0.2) is 0 Å². The summed E-state index contributed by atoms with van der Waals surface area (Å²) in [6.07, 6.45) is 6.47. The molecule has 1 aromatic heterocycles. The third-order valence-corrected chi connectivity index (χ3v) is 4.68. The summed E-state index contributed by atoms with van der Waals surface area (Å²) in [7, 11) is 0. The van der Waals surface area contributed by atoms with Crippen molar-refractivity contribution in [1.82, 2.24) is 9.55 Å². The van der Waals surface area contributed by atoms with Crippen LogP contribution in [0.25, 0.3) is 11.0 Å². The van der Waals surface area contributed by atoms with Crippen LogP contribution < -0.4 is 0 Å². The number of alkyl halides is 1. The van der Waals surface area contributed by atoms with E-state index in [0.29, 0.717) is 11.9 Å². The normalized spacial score (nSPS) is 19.5. The van der Waals surface area contributed by atoms with E-state index in [-0.39, 0.29) is 0 Å². The molecule has 1 aromatic carbocycles. The molecule has 2 nitrogen and oxygen atoms in total. The first-order valence-corrected chi connectivity index (χ1v) is 7.93. The Morgan fingerprint density at radius 1 is 1.16 bits per heavy atom. The van der Waals surface area contributed by atoms with Gasteiger partial charge in [-0.15, -0.1) is 11.6 Å². The Morgan fingerprint density at radius 3 is 2.47 bits per heavy atom. The molecule has 0 aliphatic heterocycles. The van der Waals surface area contributed by atoms with E-state index in [1.807, 2.05) is 0 Å². The van der Waals surface area contributed by atoms with E-state index < -0.39 is 0 Å². The fourth-order valence-corrected chi connectivity index (χ4v) is 3.54. The summed E-state index contributed by atoms with van der Waals surface area (Å²) in [6, 6.07) is 9.23. The summed E-state index contributed by atoms with van der Waals surface area (Å²) >= 11 is 5.98. The monoisotopic (exact) mass is 274 g/mol. The van der Waals surface area contributed by atoms with Gasteiger partial charge in [0.2, 0.25) is 0 Å². The van der Waals surface area contributed by atoms with Crippen LogP contribution in [-0.4, -0.2) is 15.4 Å². The van der Waals surface area contributed by atoms with Crippen molar-refractivity contribution < 1.29 is 0 Å². The molecule has 0 spiro atoms. The average Bonchev–Trinajstić information content (AvgIpc) is 3.31. The van der Waals surface area contributed by atoms with Crippen molar-refractivity contribution in [2.24, 2.45) is 11.8 Å². The van der Waals surface area contributed by atoms with Crippen LogP contribution in [0.15, 0.2) is 24.3 Å². The first-order chi connectivity index (χ1) is 9.38. The first-order valence-electron chi connectivity index (χ1n) is 7.40. The van der Waals surface area contributed by atoms with Crippen LogP contribution in [0.4, 0.5) is 0 Å². The van der Waals surface area contributed by atoms with Gasteiger partial charge < -0.3 is 4.57 Å².